The quantitative estimate of drug-likeness (QED) is 0.874. The number of aryl methyl sites for hydroxylation is 1. The molecular weight excluding hydrogens is 236 g/mol. The Bertz CT molecular complexity index is 456. The van der Waals surface area contributed by atoms with Gasteiger partial charge in [-0.05, 0) is 42.4 Å². The summed E-state index contributed by atoms with van der Waals surface area (Å²) in [7, 11) is 0. The van der Waals surface area contributed by atoms with Gasteiger partial charge in [0.15, 0.2) is 0 Å². The van der Waals surface area contributed by atoms with E-state index in [0.717, 1.165) is 48.9 Å². The summed E-state index contributed by atoms with van der Waals surface area (Å²) in [6.07, 6.45) is 4.09. The third-order valence-corrected chi connectivity index (χ3v) is 4.07. The summed E-state index contributed by atoms with van der Waals surface area (Å²) >= 11 is 0. The van der Waals surface area contributed by atoms with Crippen molar-refractivity contribution >= 4 is 5.91 Å². The van der Waals surface area contributed by atoms with Gasteiger partial charge < -0.3 is 11.1 Å². The van der Waals surface area contributed by atoms with Crippen LogP contribution in [0, 0.1) is 5.92 Å². The average Bonchev–Trinajstić information content (AvgIpc) is 2.60. The van der Waals surface area contributed by atoms with Gasteiger partial charge in [-0.25, -0.2) is 0 Å². The lowest BCUT2D eigenvalue weighted by atomic mass is 9.92. The molecular formula is C16H24N2O. The van der Waals surface area contributed by atoms with E-state index in [0.29, 0.717) is 5.92 Å². The Kier molecular flexibility index (Phi) is 4.59. The van der Waals surface area contributed by atoms with Crippen LogP contribution >= 0.6 is 0 Å². The van der Waals surface area contributed by atoms with Crippen molar-refractivity contribution < 1.29 is 4.79 Å². The van der Waals surface area contributed by atoms with E-state index in [-0.39, 0.29) is 11.9 Å². The van der Waals surface area contributed by atoms with Gasteiger partial charge in [0.2, 0.25) is 0 Å². The predicted molar refractivity (Wildman–Crippen MR) is 78.1 cm³/mol. The largest absolute Gasteiger partial charge is 0.352 e. The Balaban J connectivity index is 2.22. The first-order chi connectivity index (χ1) is 9.11. The first-order valence-corrected chi connectivity index (χ1v) is 7.28. The van der Waals surface area contributed by atoms with Crippen molar-refractivity contribution in [1.29, 1.82) is 0 Å². The molecule has 19 heavy (non-hydrogen) atoms. The molecule has 0 spiro atoms. The molecule has 1 aromatic carbocycles. The van der Waals surface area contributed by atoms with E-state index in [1.807, 2.05) is 6.07 Å². The monoisotopic (exact) mass is 260 g/mol. The second-order valence-corrected chi connectivity index (χ2v) is 5.63. The van der Waals surface area contributed by atoms with Gasteiger partial charge in [0.1, 0.15) is 0 Å². The fourth-order valence-corrected chi connectivity index (χ4v) is 2.57. The summed E-state index contributed by atoms with van der Waals surface area (Å²) < 4.78 is 0. The maximum Gasteiger partial charge on any atom is 0.251 e. The molecule has 0 saturated heterocycles. The Morgan fingerprint density at radius 2 is 2.21 bits per heavy atom. The van der Waals surface area contributed by atoms with E-state index in [1.54, 1.807) is 0 Å². The lowest BCUT2D eigenvalue weighted by Crippen LogP contribution is -2.23. The standard InChI is InChI=1S/C16H24N2O/c1-3-11(2)9-15(17)13-7-6-12-5-4-8-18-16(19)14(12)10-13/h6-7,10-11,15H,3-5,8-9,17H2,1-2H3,(H,18,19). The molecule has 0 radical (unpaired) electrons. The summed E-state index contributed by atoms with van der Waals surface area (Å²) in [4.78, 5) is 12.0. The maximum absolute atomic E-state index is 12.0. The van der Waals surface area contributed by atoms with Crippen molar-refractivity contribution in [2.45, 2.75) is 45.6 Å². The van der Waals surface area contributed by atoms with Crippen molar-refractivity contribution in [3.8, 4) is 0 Å². The molecule has 1 amide bonds. The zero-order valence-electron chi connectivity index (χ0n) is 11.9. The van der Waals surface area contributed by atoms with E-state index in [9.17, 15) is 4.79 Å². The third-order valence-electron chi connectivity index (χ3n) is 4.07. The van der Waals surface area contributed by atoms with Gasteiger partial charge in [-0.1, -0.05) is 32.4 Å². The van der Waals surface area contributed by atoms with Crippen LogP contribution in [-0.4, -0.2) is 12.5 Å². The Labute approximate surface area is 115 Å². The van der Waals surface area contributed by atoms with E-state index >= 15 is 0 Å². The van der Waals surface area contributed by atoms with Crippen LogP contribution in [0.3, 0.4) is 0 Å². The van der Waals surface area contributed by atoms with E-state index < -0.39 is 0 Å². The van der Waals surface area contributed by atoms with Crippen molar-refractivity contribution in [3.05, 3.63) is 34.9 Å². The fraction of sp³-hybridized carbons (Fsp3) is 0.562. The first kappa shape index (κ1) is 14.1. The van der Waals surface area contributed by atoms with Gasteiger partial charge in [0, 0.05) is 18.2 Å². The Morgan fingerprint density at radius 1 is 1.42 bits per heavy atom. The zero-order chi connectivity index (χ0) is 13.8. The summed E-state index contributed by atoms with van der Waals surface area (Å²) in [5.41, 5.74) is 9.30. The van der Waals surface area contributed by atoms with Gasteiger partial charge in [-0.2, -0.15) is 0 Å². The molecule has 1 aliphatic rings. The van der Waals surface area contributed by atoms with E-state index in [1.165, 1.54) is 0 Å². The molecule has 1 heterocycles. The summed E-state index contributed by atoms with van der Waals surface area (Å²) in [5, 5.41) is 2.94. The minimum absolute atomic E-state index is 0.0244. The van der Waals surface area contributed by atoms with E-state index in [2.05, 4.69) is 31.3 Å². The molecule has 2 rings (SSSR count). The second-order valence-electron chi connectivity index (χ2n) is 5.63. The molecule has 0 aromatic heterocycles. The number of carbonyl (C=O) groups excluding carboxylic acids is 1. The van der Waals surface area contributed by atoms with Crippen LogP contribution in [0.4, 0.5) is 0 Å². The van der Waals surface area contributed by atoms with E-state index in [4.69, 9.17) is 5.73 Å². The second kappa shape index (κ2) is 6.20. The topological polar surface area (TPSA) is 55.1 Å². The lowest BCUT2D eigenvalue weighted by Gasteiger charge is -2.17. The minimum Gasteiger partial charge on any atom is -0.352 e. The highest BCUT2D eigenvalue weighted by Gasteiger charge is 2.17. The zero-order valence-corrected chi connectivity index (χ0v) is 11.9. The molecule has 1 aliphatic heterocycles. The molecule has 2 atom stereocenters. The molecule has 0 fully saturated rings. The number of carbonyl (C=O) groups is 1. The number of nitrogens with one attached hydrogen (secondary N) is 1. The van der Waals surface area contributed by atoms with Gasteiger partial charge in [-0.3, -0.25) is 4.79 Å². The van der Waals surface area contributed by atoms with Crippen LogP contribution in [0.25, 0.3) is 0 Å². The molecule has 104 valence electrons. The predicted octanol–water partition coefficient (Wildman–Crippen LogP) is 2.80. The SMILES string of the molecule is CCC(C)CC(N)c1ccc2c(c1)C(=O)NCCC2. The molecule has 0 saturated carbocycles. The fourth-order valence-electron chi connectivity index (χ4n) is 2.57. The van der Waals surface area contributed by atoms with Crippen LogP contribution in [0.2, 0.25) is 0 Å². The molecule has 3 nitrogen and oxygen atoms in total. The van der Waals surface area contributed by atoms with Crippen molar-refractivity contribution in [2.75, 3.05) is 6.54 Å². The number of rotatable bonds is 4. The smallest absolute Gasteiger partial charge is 0.251 e. The summed E-state index contributed by atoms with van der Waals surface area (Å²) in [6, 6.07) is 6.18. The van der Waals surface area contributed by atoms with Gasteiger partial charge in [0.05, 0.1) is 0 Å². The number of benzene rings is 1. The minimum atomic E-state index is 0.0244. The Morgan fingerprint density at radius 3 is 2.95 bits per heavy atom. The van der Waals surface area contributed by atoms with Gasteiger partial charge >= 0.3 is 0 Å². The van der Waals surface area contributed by atoms with Crippen molar-refractivity contribution in [3.63, 3.8) is 0 Å². The number of hydrogen-bond donors (Lipinski definition) is 2. The molecule has 1 aromatic rings. The Hall–Kier alpha value is -1.35. The van der Waals surface area contributed by atoms with Gasteiger partial charge in [0.25, 0.3) is 5.91 Å². The number of hydrogen-bond acceptors (Lipinski definition) is 2. The summed E-state index contributed by atoms with van der Waals surface area (Å²) in [6.45, 7) is 5.17. The lowest BCUT2D eigenvalue weighted by molar-refractivity contribution is 0.0956. The average molecular weight is 260 g/mol. The number of fused-ring (bicyclic) bond motifs is 1. The molecule has 3 N–H and O–H groups in total. The molecule has 3 heteroatoms. The first-order valence-electron chi connectivity index (χ1n) is 7.28. The highest BCUT2D eigenvalue weighted by Crippen LogP contribution is 2.24. The van der Waals surface area contributed by atoms with Crippen molar-refractivity contribution in [2.24, 2.45) is 11.7 Å². The maximum atomic E-state index is 12.0. The van der Waals surface area contributed by atoms with Crippen molar-refractivity contribution in [1.82, 2.24) is 5.32 Å². The van der Waals surface area contributed by atoms with Crippen LogP contribution in [0.15, 0.2) is 18.2 Å². The highest BCUT2D eigenvalue weighted by molar-refractivity contribution is 5.96. The van der Waals surface area contributed by atoms with Crippen LogP contribution in [-0.2, 0) is 6.42 Å². The number of amides is 1. The van der Waals surface area contributed by atoms with Gasteiger partial charge in [-0.15, -0.1) is 0 Å². The van der Waals surface area contributed by atoms with Crippen LogP contribution in [0.5, 0.6) is 0 Å². The normalized spacial score (nSPS) is 18.2. The summed E-state index contributed by atoms with van der Waals surface area (Å²) in [5.74, 6) is 0.660. The van der Waals surface area contributed by atoms with Crippen LogP contribution in [0.1, 0.15) is 60.6 Å². The van der Waals surface area contributed by atoms with Crippen LogP contribution < -0.4 is 11.1 Å². The molecule has 0 bridgehead atoms. The highest BCUT2D eigenvalue weighted by atomic mass is 16.1. The molecule has 0 aliphatic carbocycles. The third kappa shape index (κ3) is 3.35. The molecule has 2 unspecified atom stereocenters. The number of nitrogens with two attached hydrogens (primary N) is 1.